The van der Waals surface area contributed by atoms with E-state index in [1.165, 1.54) is 0 Å². The highest BCUT2D eigenvalue weighted by atomic mass is 32.1. The maximum absolute atomic E-state index is 12.0. The predicted molar refractivity (Wildman–Crippen MR) is 87.2 cm³/mol. The molecule has 0 spiro atoms. The maximum Gasteiger partial charge on any atom is 0.225 e. The first-order valence-corrected chi connectivity index (χ1v) is 8.05. The number of fused-ring (bicyclic) bond motifs is 1. The SMILES string of the molecule is Cc1nc(C)c(CC(=O)NCCc2cn3ccccc3n2)s1. The summed E-state index contributed by atoms with van der Waals surface area (Å²) in [6, 6.07) is 5.91. The second-order valence-electron chi connectivity index (χ2n) is 5.22. The molecule has 1 amide bonds. The van der Waals surface area contributed by atoms with Crippen LogP contribution in [0.5, 0.6) is 0 Å². The quantitative estimate of drug-likeness (QED) is 0.786. The minimum atomic E-state index is 0.0375. The molecule has 0 saturated carbocycles. The van der Waals surface area contributed by atoms with E-state index in [1.807, 2.05) is 48.8 Å². The number of nitrogens with one attached hydrogen (secondary N) is 1. The van der Waals surface area contributed by atoms with Crippen LogP contribution in [-0.4, -0.2) is 26.8 Å². The van der Waals surface area contributed by atoms with Crippen LogP contribution >= 0.6 is 11.3 Å². The molecular formula is C16H18N4OS. The minimum Gasteiger partial charge on any atom is -0.355 e. The molecule has 0 radical (unpaired) electrons. The molecule has 1 N–H and O–H groups in total. The van der Waals surface area contributed by atoms with E-state index in [9.17, 15) is 4.79 Å². The summed E-state index contributed by atoms with van der Waals surface area (Å²) in [5.74, 6) is 0.0375. The molecule has 3 aromatic rings. The van der Waals surface area contributed by atoms with E-state index in [2.05, 4.69) is 15.3 Å². The van der Waals surface area contributed by atoms with E-state index in [-0.39, 0.29) is 5.91 Å². The van der Waals surface area contributed by atoms with Crippen LogP contribution in [0.2, 0.25) is 0 Å². The summed E-state index contributed by atoms with van der Waals surface area (Å²) in [4.78, 5) is 21.9. The molecule has 0 aliphatic heterocycles. The average molecular weight is 314 g/mol. The molecule has 0 bridgehead atoms. The third kappa shape index (κ3) is 3.33. The van der Waals surface area contributed by atoms with Crippen molar-refractivity contribution in [1.29, 1.82) is 0 Å². The van der Waals surface area contributed by atoms with Gasteiger partial charge in [0.2, 0.25) is 5.91 Å². The Morgan fingerprint density at radius 2 is 2.18 bits per heavy atom. The van der Waals surface area contributed by atoms with Gasteiger partial charge in [0.05, 0.1) is 22.8 Å². The third-order valence-electron chi connectivity index (χ3n) is 3.44. The number of amides is 1. The van der Waals surface area contributed by atoms with Crippen LogP contribution in [0.3, 0.4) is 0 Å². The number of hydrogen-bond donors (Lipinski definition) is 1. The molecule has 0 fully saturated rings. The van der Waals surface area contributed by atoms with Gasteiger partial charge in [-0.1, -0.05) is 6.07 Å². The van der Waals surface area contributed by atoms with Gasteiger partial charge < -0.3 is 9.72 Å². The first kappa shape index (κ1) is 14.7. The van der Waals surface area contributed by atoms with Crippen LogP contribution in [-0.2, 0) is 17.6 Å². The zero-order valence-electron chi connectivity index (χ0n) is 12.7. The number of hydrogen-bond acceptors (Lipinski definition) is 4. The van der Waals surface area contributed by atoms with E-state index in [0.29, 0.717) is 13.0 Å². The van der Waals surface area contributed by atoms with Gasteiger partial charge in [-0.3, -0.25) is 4.79 Å². The summed E-state index contributed by atoms with van der Waals surface area (Å²) in [5, 5.41) is 3.96. The lowest BCUT2D eigenvalue weighted by atomic mass is 10.3. The number of rotatable bonds is 5. The van der Waals surface area contributed by atoms with Gasteiger partial charge in [0.15, 0.2) is 0 Å². The van der Waals surface area contributed by atoms with Crippen LogP contribution in [0.1, 0.15) is 21.3 Å². The third-order valence-corrected chi connectivity index (χ3v) is 4.51. The fourth-order valence-electron chi connectivity index (χ4n) is 2.38. The van der Waals surface area contributed by atoms with Crippen molar-refractivity contribution in [1.82, 2.24) is 19.7 Å². The molecule has 0 aliphatic carbocycles. The predicted octanol–water partition coefficient (Wildman–Crippen LogP) is 2.31. The Morgan fingerprint density at radius 3 is 2.91 bits per heavy atom. The lowest BCUT2D eigenvalue weighted by Crippen LogP contribution is -2.27. The Morgan fingerprint density at radius 1 is 1.32 bits per heavy atom. The summed E-state index contributed by atoms with van der Waals surface area (Å²) in [5.41, 5.74) is 2.87. The van der Waals surface area contributed by atoms with Crippen molar-refractivity contribution < 1.29 is 4.79 Å². The highest BCUT2D eigenvalue weighted by Gasteiger charge is 2.10. The van der Waals surface area contributed by atoms with Gasteiger partial charge in [-0.15, -0.1) is 11.3 Å². The van der Waals surface area contributed by atoms with Gasteiger partial charge in [0.25, 0.3) is 0 Å². The van der Waals surface area contributed by atoms with Crippen molar-refractivity contribution in [2.24, 2.45) is 0 Å². The number of aromatic nitrogens is 3. The summed E-state index contributed by atoms with van der Waals surface area (Å²) >= 11 is 1.59. The van der Waals surface area contributed by atoms with Gasteiger partial charge in [0, 0.05) is 30.2 Å². The summed E-state index contributed by atoms with van der Waals surface area (Å²) < 4.78 is 1.99. The molecule has 6 heteroatoms. The molecule has 5 nitrogen and oxygen atoms in total. The monoisotopic (exact) mass is 314 g/mol. The molecule has 0 aromatic carbocycles. The Bertz CT molecular complexity index is 772. The highest BCUT2D eigenvalue weighted by molar-refractivity contribution is 7.11. The lowest BCUT2D eigenvalue weighted by Gasteiger charge is -2.03. The van der Waals surface area contributed by atoms with Gasteiger partial charge in [-0.05, 0) is 26.0 Å². The summed E-state index contributed by atoms with van der Waals surface area (Å²) in [6.45, 7) is 4.50. The molecule has 22 heavy (non-hydrogen) atoms. The fourth-order valence-corrected chi connectivity index (χ4v) is 3.32. The number of pyridine rings is 1. The van der Waals surface area contributed by atoms with E-state index in [1.54, 1.807) is 11.3 Å². The van der Waals surface area contributed by atoms with Crippen molar-refractivity contribution >= 4 is 22.9 Å². The summed E-state index contributed by atoms with van der Waals surface area (Å²) in [6.07, 6.45) is 5.11. The minimum absolute atomic E-state index is 0.0375. The number of carbonyl (C=O) groups excluding carboxylic acids is 1. The number of imidazole rings is 1. The molecule has 0 saturated heterocycles. The van der Waals surface area contributed by atoms with Crippen molar-refractivity contribution in [3.63, 3.8) is 0 Å². The first-order chi connectivity index (χ1) is 10.6. The van der Waals surface area contributed by atoms with Crippen molar-refractivity contribution in [2.45, 2.75) is 26.7 Å². The van der Waals surface area contributed by atoms with Crippen molar-refractivity contribution in [3.8, 4) is 0 Å². The van der Waals surface area contributed by atoms with Crippen molar-refractivity contribution in [2.75, 3.05) is 6.54 Å². The van der Waals surface area contributed by atoms with Gasteiger partial charge in [0.1, 0.15) is 5.65 Å². The molecule has 0 unspecified atom stereocenters. The Balaban J connectivity index is 1.52. The Kier molecular flexibility index (Phi) is 4.20. The van der Waals surface area contributed by atoms with Crippen LogP contribution in [0.4, 0.5) is 0 Å². The normalized spacial score (nSPS) is 11.0. The second kappa shape index (κ2) is 6.27. The molecule has 0 aliphatic rings. The largest absolute Gasteiger partial charge is 0.355 e. The number of thiazole rings is 1. The Labute approximate surface area is 133 Å². The van der Waals surface area contributed by atoms with Gasteiger partial charge in [-0.25, -0.2) is 9.97 Å². The van der Waals surface area contributed by atoms with E-state index in [0.717, 1.165) is 33.3 Å². The fraction of sp³-hybridized carbons (Fsp3) is 0.312. The highest BCUT2D eigenvalue weighted by Crippen LogP contribution is 2.17. The lowest BCUT2D eigenvalue weighted by molar-refractivity contribution is -0.120. The average Bonchev–Trinajstić information content (AvgIpc) is 3.01. The molecule has 0 atom stereocenters. The Hall–Kier alpha value is -2.21. The number of carbonyl (C=O) groups is 1. The first-order valence-electron chi connectivity index (χ1n) is 7.24. The molecule has 3 rings (SSSR count). The molecule has 3 heterocycles. The number of nitrogens with zero attached hydrogens (tertiary/aromatic N) is 3. The van der Waals surface area contributed by atoms with Crippen LogP contribution < -0.4 is 5.32 Å². The molecule has 3 aromatic heterocycles. The van der Waals surface area contributed by atoms with E-state index < -0.39 is 0 Å². The van der Waals surface area contributed by atoms with Crippen LogP contribution in [0, 0.1) is 13.8 Å². The van der Waals surface area contributed by atoms with E-state index in [4.69, 9.17) is 0 Å². The zero-order valence-corrected chi connectivity index (χ0v) is 13.5. The smallest absolute Gasteiger partial charge is 0.225 e. The number of aryl methyl sites for hydroxylation is 2. The van der Waals surface area contributed by atoms with Crippen LogP contribution in [0.25, 0.3) is 5.65 Å². The molecule has 114 valence electrons. The standard InChI is InChI=1S/C16H18N4OS/c1-11-14(22-12(2)18-11)9-16(21)17-7-6-13-10-20-8-4-3-5-15(20)19-13/h3-5,8,10H,6-7,9H2,1-2H3,(H,17,21). The molecular weight excluding hydrogens is 296 g/mol. The van der Waals surface area contributed by atoms with Gasteiger partial charge in [-0.2, -0.15) is 0 Å². The summed E-state index contributed by atoms with van der Waals surface area (Å²) in [7, 11) is 0. The van der Waals surface area contributed by atoms with E-state index >= 15 is 0 Å². The topological polar surface area (TPSA) is 59.3 Å². The zero-order chi connectivity index (χ0) is 15.5. The van der Waals surface area contributed by atoms with Crippen molar-refractivity contribution in [3.05, 3.63) is 51.9 Å². The van der Waals surface area contributed by atoms with Crippen LogP contribution in [0.15, 0.2) is 30.6 Å². The van der Waals surface area contributed by atoms with Gasteiger partial charge >= 0.3 is 0 Å². The second-order valence-corrected chi connectivity index (χ2v) is 6.50. The maximum atomic E-state index is 12.0.